The van der Waals surface area contributed by atoms with Crippen molar-refractivity contribution in [2.24, 2.45) is 5.73 Å². The van der Waals surface area contributed by atoms with Crippen LogP contribution in [0.1, 0.15) is 6.42 Å². The average molecular weight is 244 g/mol. The zero-order valence-electron chi connectivity index (χ0n) is 8.64. The van der Waals surface area contributed by atoms with E-state index in [1.807, 2.05) is 0 Å². The van der Waals surface area contributed by atoms with Gasteiger partial charge in [0.05, 0.1) is 4.90 Å². The maximum atomic E-state index is 12.7. The van der Waals surface area contributed by atoms with Gasteiger partial charge in [0.25, 0.3) is 0 Å². The van der Waals surface area contributed by atoms with Gasteiger partial charge < -0.3 is 5.73 Å². The highest BCUT2D eigenvalue weighted by atomic mass is 32.2. The first-order valence-electron chi connectivity index (χ1n) is 5.01. The van der Waals surface area contributed by atoms with Crippen LogP contribution in [0.2, 0.25) is 0 Å². The lowest BCUT2D eigenvalue weighted by Gasteiger charge is -2.15. The Kier molecular flexibility index (Phi) is 2.96. The van der Waals surface area contributed by atoms with Crippen molar-refractivity contribution in [1.82, 2.24) is 4.31 Å². The molecular formula is C10H13FN2O2S. The van der Waals surface area contributed by atoms with Gasteiger partial charge in [0, 0.05) is 19.1 Å². The highest BCUT2D eigenvalue weighted by Crippen LogP contribution is 2.20. The maximum Gasteiger partial charge on any atom is 0.243 e. The Morgan fingerprint density at radius 3 is 2.44 bits per heavy atom. The molecule has 1 aliphatic heterocycles. The molecule has 16 heavy (non-hydrogen) atoms. The van der Waals surface area contributed by atoms with Crippen molar-refractivity contribution in [2.75, 3.05) is 13.1 Å². The van der Waals surface area contributed by atoms with Gasteiger partial charge in [-0.1, -0.05) is 0 Å². The molecule has 1 saturated heterocycles. The zero-order valence-corrected chi connectivity index (χ0v) is 9.45. The van der Waals surface area contributed by atoms with Gasteiger partial charge in [0.15, 0.2) is 0 Å². The first kappa shape index (κ1) is 11.5. The number of halogens is 1. The van der Waals surface area contributed by atoms with E-state index in [0.29, 0.717) is 19.5 Å². The molecule has 0 amide bonds. The molecule has 0 bridgehead atoms. The summed E-state index contributed by atoms with van der Waals surface area (Å²) in [6.45, 7) is 0.764. The number of hydrogen-bond donors (Lipinski definition) is 1. The lowest BCUT2D eigenvalue weighted by Crippen LogP contribution is -2.31. The standard InChI is InChI=1S/C10H13FN2O2S/c11-8-1-3-10(4-2-8)16(14,15)13-6-5-9(12)7-13/h1-4,9H,5-7,12H2/t9-/m0/s1. The van der Waals surface area contributed by atoms with Crippen molar-refractivity contribution >= 4 is 10.0 Å². The Morgan fingerprint density at radius 1 is 1.31 bits per heavy atom. The Balaban J connectivity index is 2.29. The summed E-state index contributed by atoms with van der Waals surface area (Å²) in [6, 6.07) is 4.73. The molecule has 1 aromatic carbocycles. The number of hydrogen-bond acceptors (Lipinski definition) is 3. The lowest BCUT2D eigenvalue weighted by molar-refractivity contribution is 0.472. The molecular weight excluding hydrogens is 231 g/mol. The maximum absolute atomic E-state index is 12.7. The van der Waals surface area contributed by atoms with Crippen LogP contribution in [0.5, 0.6) is 0 Å². The van der Waals surface area contributed by atoms with E-state index in [0.717, 1.165) is 12.1 Å². The minimum Gasteiger partial charge on any atom is -0.326 e. The van der Waals surface area contributed by atoms with Crippen molar-refractivity contribution in [3.8, 4) is 0 Å². The first-order valence-corrected chi connectivity index (χ1v) is 6.45. The van der Waals surface area contributed by atoms with E-state index in [1.54, 1.807) is 0 Å². The van der Waals surface area contributed by atoms with Gasteiger partial charge in [-0.25, -0.2) is 12.8 Å². The quantitative estimate of drug-likeness (QED) is 0.826. The van der Waals surface area contributed by atoms with E-state index in [9.17, 15) is 12.8 Å². The van der Waals surface area contributed by atoms with Crippen LogP contribution in [0.3, 0.4) is 0 Å². The van der Waals surface area contributed by atoms with Crippen LogP contribution in [-0.2, 0) is 10.0 Å². The van der Waals surface area contributed by atoms with Crippen molar-refractivity contribution in [3.05, 3.63) is 30.1 Å². The van der Waals surface area contributed by atoms with E-state index in [-0.39, 0.29) is 10.9 Å². The fourth-order valence-corrected chi connectivity index (χ4v) is 3.24. The molecule has 1 atom stereocenters. The fourth-order valence-electron chi connectivity index (χ4n) is 1.73. The van der Waals surface area contributed by atoms with Gasteiger partial charge >= 0.3 is 0 Å². The van der Waals surface area contributed by atoms with Crippen LogP contribution in [0.15, 0.2) is 29.2 Å². The van der Waals surface area contributed by atoms with Crippen molar-refractivity contribution in [2.45, 2.75) is 17.4 Å². The summed E-state index contributed by atoms with van der Waals surface area (Å²) in [5, 5.41) is 0. The Hall–Kier alpha value is -0.980. The molecule has 1 fully saturated rings. The minimum atomic E-state index is -3.50. The molecule has 0 aliphatic carbocycles. The van der Waals surface area contributed by atoms with Crippen LogP contribution in [0, 0.1) is 5.82 Å². The lowest BCUT2D eigenvalue weighted by atomic mass is 10.3. The van der Waals surface area contributed by atoms with E-state index in [4.69, 9.17) is 5.73 Å². The summed E-state index contributed by atoms with van der Waals surface area (Å²) in [6.07, 6.45) is 0.667. The van der Waals surface area contributed by atoms with Gasteiger partial charge in [-0.2, -0.15) is 4.31 Å². The Bertz CT molecular complexity index is 472. The second-order valence-electron chi connectivity index (χ2n) is 3.87. The highest BCUT2D eigenvalue weighted by molar-refractivity contribution is 7.89. The minimum absolute atomic E-state index is 0.102. The van der Waals surface area contributed by atoms with Crippen LogP contribution in [0.25, 0.3) is 0 Å². The third kappa shape index (κ3) is 2.09. The van der Waals surface area contributed by atoms with E-state index in [1.165, 1.54) is 16.4 Å². The molecule has 6 heteroatoms. The van der Waals surface area contributed by atoms with Gasteiger partial charge in [-0.3, -0.25) is 0 Å². The topological polar surface area (TPSA) is 63.4 Å². The number of sulfonamides is 1. The smallest absolute Gasteiger partial charge is 0.243 e. The monoisotopic (exact) mass is 244 g/mol. The molecule has 0 aromatic heterocycles. The highest BCUT2D eigenvalue weighted by Gasteiger charge is 2.30. The van der Waals surface area contributed by atoms with E-state index < -0.39 is 15.8 Å². The number of nitrogens with two attached hydrogens (primary N) is 1. The Morgan fingerprint density at radius 2 is 1.94 bits per heavy atom. The molecule has 0 saturated carbocycles. The van der Waals surface area contributed by atoms with Gasteiger partial charge in [-0.05, 0) is 30.7 Å². The largest absolute Gasteiger partial charge is 0.326 e. The fraction of sp³-hybridized carbons (Fsp3) is 0.400. The van der Waals surface area contributed by atoms with Crippen molar-refractivity contribution < 1.29 is 12.8 Å². The molecule has 2 rings (SSSR count). The molecule has 0 spiro atoms. The van der Waals surface area contributed by atoms with Crippen molar-refractivity contribution in [3.63, 3.8) is 0 Å². The number of nitrogens with zero attached hydrogens (tertiary/aromatic N) is 1. The molecule has 0 unspecified atom stereocenters. The third-order valence-corrected chi connectivity index (χ3v) is 4.52. The second-order valence-corrected chi connectivity index (χ2v) is 5.80. The van der Waals surface area contributed by atoms with E-state index in [2.05, 4.69) is 0 Å². The molecule has 1 heterocycles. The average Bonchev–Trinajstić information content (AvgIpc) is 2.66. The summed E-state index contributed by atoms with van der Waals surface area (Å²) < 4.78 is 38.1. The summed E-state index contributed by atoms with van der Waals surface area (Å²) in [4.78, 5) is 0.114. The first-order chi connectivity index (χ1) is 7.50. The molecule has 0 radical (unpaired) electrons. The van der Waals surface area contributed by atoms with Gasteiger partial charge in [0.2, 0.25) is 10.0 Å². The Labute approximate surface area is 93.9 Å². The predicted molar refractivity (Wildman–Crippen MR) is 57.8 cm³/mol. The van der Waals surface area contributed by atoms with E-state index >= 15 is 0 Å². The van der Waals surface area contributed by atoms with Gasteiger partial charge in [0.1, 0.15) is 5.82 Å². The molecule has 2 N–H and O–H groups in total. The van der Waals surface area contributed by atoms with Gasteiger partial charge in [-0.15, -0.1) is 0 Å². The SMILES string of the molecule is N[C@H]1CCN(S(=O)(=O)c2ccc(F)cc2)C1. The second kappa shape index (κ2) is 4.12. The van der Waals surface area contributed by atoms with Crippen LogP contribution in [0.4, 0.5) is 4.39 Å². The predicted octanol–water partition coefficient (Wildman–Crippen LogP) is 0.547. The zero-order chi connectivity index (χ0) is 11.8. The van der Waals surface area contributed by atoms with Crippen LogP contribution < -0.4 is 5.73 Å². The van der Waals surface area contributed by atoms with Crippen LogP contribution >= 0.6 is 0 Å². The number of rotatable bonds is 2. The third-order valence-electron chi connectivity index (χ3n) is 2.64. The van der Waals surface area contributed by atoms with Crippen LogP contribution in [-0.4, -0.2) is 31.9 Å². The summed E-state index contributed by atoms with van der Waals surface area (Å²) in [7, 11) is -3.50. The molecule has 88 valence electrons. The molecule has 1 aromatic rings. The molecule has 1 aliphatic rings. The summed E-state index contributed by atoms with van der Waals surface area (Å²) in [5.74, 6) is -0.447. The summed E-state index contributed by atoms with van der Waals surface area (Å²) in [5.41, 5.74) is 5.66. The van der Waals surface area contributed by atoms with Crippen molar-refractivity contribution in [1.29, 1.82) is 0 Å². The number of benzene rings is 1. The summed E-state index contributed by atoms with van der Waals surface area (Å²) >= 11 is 0. The molecule has 4 nitrogen and oxygen atoms in total. The normalized spacial score (nSPS) is 22.5.